The molecular formula is C18H14N2O5. The molecule has 0 fully saturated rings. The molecule has 0 amide bonds. The maximum absolute atomic E-state index is 11.5. The molecule has 0 radical (unpaired) electrons. The van der Waals surface area contributed by atoms with Crippen molar-refractivity contribution in [2.75, 3.05) is 12.4 Å². The van der Waals surface area contributed by atoms with Crippen molar-refractivity contribution in [3.05, 3.63) is 70.3 Å². The molecule has 3 rings (SSSR count). The largest absolute Gasteiger partial charge is 0.496 e. The Morgan fingerprint density at radius 1 is 1.08 bits per heavy atom. The highest BCUT2D eigenvalue weighted by molar-refractivity contribution is 6.02. The van der Waals surface area contributed by atoms with Crippen molar-refractivity contribution in [2.45, 2.75) is 0 Å². The number of ether oxygens (including phenoxy) is 1. The van der Waals surface area contributed by atoms with Gasteiger partial charge in [-0.2, -0.15) is 0 Å². The van der Waals surface area contributed by atoms with Crippen LogP contribution in [0.5, 0.6) is 5.75 Å². The first kappa shape index (κ1) is 16.3. The van der Waals surface area contributed by atoms with E-state index in [2.05, 4.69) is 5.32 Å². The maximum atomic E-state index is 11.5. The molecule has 0 aromatic heterocycles. The number of hydrogen-bond acceptors (Lipinski definition) is 5. The van der Waals surface area contributed by atoms with Crippen LogP contribution in [0.2, 0.25) is 0 Å². The van der Waals surface area contributed by atoms with Gasteiger partial charge in [-0.05, 0) is 18.2 Å². The van der Waals surface area contributed by atoms with E-state index in [0.29, 0.717) is 11.4 Å². The lowest BCUT2D eigenvalue weighted by Gasteiger charge is -2.14. The Bertz CT molecular complexity index is 984. The van der Waals surface area contributed by atoms with Gasteiger partial charge in [0, 0.05) is 28.6 Å². The van der Waals surface area contributed by atoms with E-state index in [1.165, 1.54) is 12.1 Å². The number of anilines is 2. The Hall–Kier alpha value is -3.61. The zero-order valence-electron chi connectivity index (χ0n) is 13.2. The highest BCUT2D eigenvalue weighted by atomic mass is 16.6. The van der Waals surface area contributed by atoms with Crippen LogP contribution in [0.3, 0.4) is 0 Å². The van der Waals surface area contributed by atoms with Crippen LogP contribution in [0.15, 0.2) is 54.6 Å². The van der Waals surface area contributed by atoms with Crippen molar-refractivity contribution in [3.8, 4) is 5.75 Å². The van der Waals surface area contributed by atoms with E-state index in [9.17, 15) is 20.0 Å². The minimum atomic E-state index is -1.25. The summed E-state index contributed by atoms with van der Waals surface area (Å²) >= 11 is 0. The third kappa shape index (κ3) is 3.07. The first-order chi connectivity index (χ1) is 12.0. The van der Waals surface area contributed by atoms with Crippen LogP contribution in [0.25, 0.3) is 10.8 Å². The number of nitro benzene ring substituents is 1. The van der Waals surface area contributed by atoms with Crippen molar-refractivity contribution in [3.63, 3.8) is 0 Å². The third-order valence-corrected chi connectivity index (χ3v) is 3.82. The fourth-order valence-corrected chi connectivity index (χ4v) is 2.64. The average molecular weight is 338 g/mol. The molecule has 0 aliphatic rings. The van der Waals surface area contributed by atoms with E-state index in [4.69, 9.17) is 4.74 Å². The van der Waals surface area contributed by atoms with Crippen molar-refractivity contribution >= 4 is 33.8 Å². The summed E-state index contributed by atoms with van der Waals surface area (Å²) in [7, 11) is 1.58. The SMILES string of the molecule is COc1ccc(Nc2ccc([N+](=O)[O-])cc2C(=O)O)c2ccccc12. The van der Waals surface area contributed by atoms with Crippen LogP contribution in [0, 0.1) is 10.1 Å². The Labute approximate surface area is 142 Å². The van der Waals surface area contributed by atoms with Crippen molar-refractivity contribution in [1.82, 2.24) is 0 Å². The highest BCUT2D eigenvalue weighted by Gasteiger charge is 2.17. The van der Waals surface area contributed by atoms with Gasteiger partial charge in [-0.1, -0.05) is 24.3 Å². The number of carbonyl (C=O) groups is 1. The molecule has 3 aromatic carbocycles. The standard InChI is InChI=1S/C18H14N2O5/c1-25-17-9-8-15(12-4-2-3-5-13(12)17)19-16-7-6-11(20(23)24)10-14(16)18(21)22/h2-10,19H,1H3,(H,21,22). The van der Waals surface area contributed by atoms with Crippen molar-refractivity contribution in [1.29, 1.82) is 0 Å². The van der Waals surface area contributed by atoms with Crippen LogP contribution in [0.1, 0.15) is 10.4 Å². The fourth-order valence-electron chi connectivity index (χ4n) is 2.64. The first-order valence-corrected chi connectivity index (χ1v) is 7.35. The lowest BCUT2D eigenvalue weighted by Crippen LogP contribution is -2.04. The van der Waals surface area contributed by atoms with Gasteiger partial charge in [0.2, 0.25) is 0 Å². The van der Waals surface area contributed by atoms with Crippen molar-refractivity contribution < 1.29 is 19.6 Å². The molecule has 0 atom stereocenters. The predicted molar refractivity (Wildman–Crippen MR) is 93.8 cm³/mol. The van der Waals surface area contributed by atoms with E-state index in [-0.39, 0.29) is 16.9 Å². The summed E-state index contributed by atoms with van der Waals surface area (Å²) in [6.45, 7) is 0. The topological polar surface area (TPSA) is 102 Å². The smallest absolute Gasteiger partial charge is 0.338 e. The minimum absolute atomic E-state index is 0.172. The molecule has 7 heteroatoms. The zero-order valence-corrected chi connectivity index (χ0v) is 13.2. The summed E-state index contributed by atoms with van der Waals surface area (Å²) in [6.07, 6.45) is 0. The maximum Gasteiger partial charge on any atom is 0.338 e. The van der Waals surface area contributed by atoms with E-state index >= 15 is 0 Å². The van der Waals surface area contributed by atoms with E-state index < -0.39 is 10.9 Å². The number of hydrogen-bond donors (Lipinski definition) is 2. The van der Waals surface area contributed by atoms with Gasteiger partial charge in [0.05, 0.1) is 23.3 Å². The van der Waals surface area contributed by atoms with E-state index in [1.807, 2.05) is 24.3 Å². The van der Waals surface area contributed by atoms with Crippen LogP contribution < -0.4 is 10.1 Å². The summed E-state index contributed by atoms with van der Waals surface area (Å²) < 4.78 is 5.34. The number of nitrogens with zero attached hydrogens (tertiary/aromatic N) is 1. The van der Waals surface area contributed by atoms with Crippen LogP contribution in [-0.4, -0.2) is 23.1 Å². The summed E-state index contributed by atoms with van der Waals surface area (Å²) in [5, 5.41) is 25.0. The quantitative estimate of drug-likeness (QED) is 0.534. The molecule has 0 heterocycles. The molecule has 0 spiro atoms. The van der Waals surface area contributed by atoms with Crippen LogP contribution in [0.4, 0.5) is 17.1 Å². The summed E-state index contributed by atoms with van der Waals surface area (Å²) in [4.78, 5) is 21.7. The molecule has 7 nitrogen and oxygen atoms in total. The number of nitrogens with one attached hydrogen (secondary N) is 1. The molecule has 0 aliphatic heterocycles. The van der Waals surface area contributed by atoms with Gasteiger partial charge >= 0.3 is 5.97 Å². The summed E-state index contributed by atoms with van der Waals surface area (Å²) in [5.41, 5.74) is 0.498. The number of carboxylic acids is 1. The molecule has 126 valence electrons. The number of aromatic carboxylic acids is 1. The Kier molecular flexibility index (Phi) is 4.21. The van der Waals surface area contributed by atoms with Gasteiger partial charge in [-0.3, -0.25) is 10.1 Å². The van der Waals surface area contributed by atoms with Crippen molar-refractivity contribution in [2.24, 2.45) is 0 Å². The number of methoxy groups -OCH3 is 1. The Morgan fingerprint density at radius 3 is 2.40 bits per heavy atom. The van der Waals surface area contributed by atoms with E-state index in [1.54, 1.807) is 19.2 Å². The fraction of sp³-hybridized carbons (Fsp3) is 0.0556. The summed E-state index contributed by atoms with van der Waals surface area (Å²) in [5.74, 6) is -0.549. The van der Waals surface area contributed by atoms with Crippen LogP contribution in [-0.2, 0) is 0 Å². The van der Waals surface area contributed by atoms with Gasteiger partial charge in [-0.15, -0.1) is 0 Å². The van der Waals surface area contributed by atoms with Gasteiger partial charge in [0.25, 0.3) is 5.69 Å². The molecule has 0 saturated heterocycles. The number of nitro groups is 1. The lowest BCUT2D eigenvalue weighted by molar-refractivity contribution is -0.384. The van der Waals surface area contributed by atoms with E-state index in [0.717, 1.165) is 16.8 Å². The number of carboxylic acid groups (broad SMARTS) is 1. The summed E-state index contributed by atoms with van der Waals surface area (Å²) in [6, 6.07) is 14.8. The van der Waals surface area contributed by atoms with Gasteiger partial charge in [-0.25, -0.2) is 4.79 Å². The van der Waals surface area contributed by atoms with Gasteiger partial charge in [0.1, 0.15) is 5.75 Å². The third-order valence-electron chi connectivity index (χ3n) is 3.82. The molecule has 3 aromatic rings. The van der Waals surface area contributed by atoms with Crippen LogP contribution >= 0.6 is 0 Å². The predicted octanol–water partition coefficient (Wildman–Crippen LogP) is 4.20. The molecule has 0 bridgehead atoms. The average Bonchev–Trinajstić information content (AvgIpc) is 2.62. The minimum Gasteiger partial charge on any atom is -0.496 e. The first-order valence-electron chi connectivity index (χ1n) is 7.35. The lowest BCUT2D eigenvalue weighted by atomic mass is 10.1. The normalized spacial score (nSPS) is 10.4. The molecule has 0 aliphatic carbocycles. The number of benzene rings is 3. The van der Waals surface area contributed by atoms with Gasteiger partial charge < -0.3 is 15.2 Å². The Balaban J connectivity index is 2.10. The zero-order chi connectivity index (χ0) is 18.0. The number of non-ortho nitro benzene ring substituents is 1. The monoisotopic (exact) mass is 338 g/mol. The number of rotatable bonds is 5. The second-order valence-corrected chi connectivity index (χ2v) is 5.28. The Morgan fingerprint density at radius 2 is 1.76 bits per heavy atom. The number of fused-ring (bicyclic) bond motifs is 1. The second-order valence-electron chi connectivity index (χ2n) is 5.28. The highest BCUT2D eigenvalue weighted by Crippen LogP contribution is 2.34. The molecular weight excluding hydrogens is 324 g/mol. The van der Waals surface area contributed by atoms with Gasteiger partial charge in [0.15, 0.2) is 0 Å². The molecule has 25 heavy (non-hydrogen) atoms. The molecule has 2 N–H and O–H groups in total. The second kappa shape index (κ2) is 6.48. The molecule has 0 unspecified atom stereocenters. The molecule has 0 saturated carbocycles.